The maximum Gasteiger partial charge on any atom is 0.227 e. The Balaban J connectivity index is 1.58. The number of carbonyl (C=O) groups excluding carboxylic acids is 1. The third kappa shape index (κ3) is 6.03. The SMILES string of the molecule is CCNC(=NCCC(=O)Nc1ccc(C)cn1)N1CCOC(c2ccccc2C)C1. The molecule has 30 heavy (non-hydrogen) atoms. The Hall–Kier alpha value is -2.93. The molecule has 1 aliphatic rings. The van der Waals surface area contributed by atoms with Crippen molar-refractivity contribution in [3.8, 4) is 0 Å². The molecule has 1 amide bonds. The number of aryl methyl sites for hydroxylation is 2. The van der Waals surface area contributed by atoms with Crippen LogP contribution < -0.4 is 10.6 Å². The van der Waals surface area contributed by atoms with E-state index < -0.39 is 0 Å². The molecule has 1 fully saturated rings. The molecule has 1 aromatic carbocycles. The standard InChI is InChI=1S/C23H31N5O2/c1-4-24-23(25-12-11-22(29)27-21-10-9-17(2)15-26-21)28-13-14-30-20(16-28)19-8-6-5-7-18(19)3/h5-10,15,20H,4,11-14,16H2,1-3H3,(H,24,25)(H,26,27,29). The van der Waals surface area contributed by atoms with Crippen LogP contribution in [-0.2, 0) is 9.53 Å². The molecule has 0 bridgehead atoms. The smallest absolute Gasteiger partial charge is 0.227 e. The molecule has 7 heteroatoms. The molecule has 160 valence electrons. The highest BCUT2D eigenvalue weighted by molar-refractivity contribution is 5.90. The minimum absolute atomic E-state index is 0.0136. The van der Waals surface area contributed by atoms with Crippen molar-refractivity contribution in [2.75, 3.05) is 38.1 Å². The third-order valence-electron chi connectivity index (χ3n) is 5.02. The summed E-state index contributed by atoms with van der Waals surface area (Å²) < 4.78 is 6.03. The second-order valence-electron chi connectivity index (χ2n) is 7.42. The average molecular weight is 410 g/mol. The van der Waals surface area contributed by atoms with Gasteiger partial charge < -0.3 is 20.3 Å². The molecule has 2 heterocycles. The second kappa shape index (κ2) is 10.7. The van der Waals surface area contributed by atoms with Gasteiger partial charge in [0, 0.05) is 25.7 Å². The highest BCUT2D eigenvalue weighted by Gasteiger charge is 2.25. The maximum atomic E-state index is 12.2. The summed E-state index contributed by atoms with van der Waals surface area (Å²) in [5.74, 6) is 1.29. The van der Waals surface area contributed by atoms with Crippen LogP contribution in [0.25, 0.3) is 0 Å². The molecule has 7 nitrogen and oxygen atoms in total. The Kier molecular flexibility index (Phi) is 7.79. The molecule has 2 aromatic rings. The van der Waals surface area contributed by atoms with Gasteiger partial charge in [-0.1, -0.05) is 30.3 Å². The molecule has 1 atom stereocenters. The number of aromatic nitrogens is 1. The quantitative estimate of drug-likeness (QED) is 0.566. The summed E-state index contributed by atoms with van der Waals surface area (Å²) in [4.78, 5) is 23.3. The molecule has 0 radical (unpaired) electrons. The van der Waals surface area contributed by atoms with E-state index in [0.717, 1.165) is 31.2 Å². The van der Waals surface area contributed by atoms with Crippen LogP contribution in [0.2, 0.25) is 0 Å². The van der Waals surface area contributed by atoms with Gasteiger partial charge in [0.1, 0.15) is 11.9 Å². The first kappa shape index (κ1) is 21.8. The zero-order chi connectivity index (χ0) is 21.3. The average Bonchev–Trinajstić information content (AvgIpc) is 2.75. The Morgan fingerprint density at radius 3 is 2.83 bits per heavy atom. The van der Waals surface area contributed by atoms with E-state index in [1.54, 1.807) is 12.3 Å². The van der Waals surface area contributed by atoms with Gasteiger partial charge >= 0.3 is 0 Å². The van der Waals surface area contributed by atoms with E-state index >= 15 is 0 Å². The molecule has 0 aliphatic carbocycles. The van der Waals surface area contributed by atoms with Gasteiger partial charge in [0.15, 0.2) is 5.96 Å². The fraction of sp³-hybridized carbons (Fsp3) is 0.435. The molecule has 0 spiro atoms. The first-order valence-electron chi connectivity index (χ1n) is 10.5. The number of amides is 1. The molecule has 3 rings (SSSR count). The van der Waals surface area contributed by atoms with Gasteiger partial charge in [-0.2, -0.15) is 0 Å². The molecule has 1 aromatic heterocycles. The number of carbonyl (C=O) groups is 1. The van der Waals surface area contributed by atoms with E-state index in [1.807, 2.05) is 32.0 Å². The molecule has 0 saturated carbocycles. The van der Waals surface area contributed by atoms with E-state index in [4.69, 9.17) is 4.74 Å². The predicted molar refractivity (Wildman–Crippen MR) is 120 cm³/mol. The highest BCUT2D eigenvalue weighted by Crippen LogP contribution is 2.25. The molecule has 2 N–H and O–H groups in total. The van der Waals surface area contributed by atoms with Crippen LogP contribution in [0.15, 0.2) is 47.6 Å². The lowest BCUT2D eigenvalue weighted by Crippen LogP contribution is -2.48. The van der Waals surface area contributed by atoms with Crippen LogP contribution in [0.1, 0.15) is 36.1 Å². The highest BCUT2D eigenvalue weighted by atomic mass is 16.5. The lowest BCUT2D eigenvalue weighted by molar-refractivity contribution is -0.116. The van der Waals surface area contributed by atoms with Crippen molar-refractivity contribution in [1.82, 2.24) is 15.2 Å². The molecular formula is C23H31N5O2. The van der Waals surface area contributed by atoms with Gasteiger partial charge in [-0.05, 0) is 43.5 Å². The number of guanidine groups is 1. The van der Waals surface area contributed by atoms with Crippen LogP contribution in [0.3, 0.4) is 0 Å². The molecular weight excluding hydrogens is 378 g/mol. The Morgan fingerprint density at radius 2 is 2.10 bits per heavy atom. The number of anilines is 1. The largest absolute Gasteiger partial charge is 0.370 e. The van der Waals surface area contributed by atoms with E-state index in [2.05, 4.69) is 44.6 Å². The number of hydrogen-bond acceptors (Lipinski definition) is 4. The summed E-state index contributed by atoms with van der Waals surface area (Å²) >= 11 is 0. The number of pyridine rings is 1. The maximum absolute atomic E-state index is 12.2. The number of ether oxygens (including phenoxy) is 1. The number of nitrogens with zero attached hydrogens (tertiary/aromatic N) is 3. The van der Waals surface area contributed by atoms with Gasteiger partial charge in [-0.25, -0.2) is 4.98 Å². The zero-order valence-electron chi connectivity index (χ0n) is 18.0. The van der Waals surface area contributed by atoms with Gasteiger partial charge in [0.25, 0.3) is 0 Å². The van der Waals surface area contributed by atoms with Crippen molar-refractivity contribution in [2.45, 2.75) is 33.3 Å². The number of hydrogen-bond donors (Lipinski definition) is 2. The van der Waals surface area contributed by atoms with Crippen molar-refractivity contribution in [1.29, 1.82) is 0 Å². The monoisotopic (exact) mass is 409 g/mol. The first-order chi connectivity index (χ1) is 14.6. The number of rotatable bonds is 6. The normalized spacial score (nSPS) is 17.0. The van der Waals surface area contributed by atoms with Crippen molar-refractivity contribution < 1.29 is 9.53 Å². The van der Waals surface area contributed by atoms with Gasteiger partial charge in [0.2, 0.25) is 5.91 Å². The van der Waals surface area contributed by atoms with Crippen molar-refractivity contribution >= 4 is 17.7 Å². The summed E-state index contributed by atoms with van der Waals surface area (Å²) in [7, 11) is 0. The minimum Gasteiger partial charge on any atom is -0.370 e. The van der Waals surface area contributed by atoms with E-state index in [9.17, 15) is 4.79 Å². The lowest BCUT2D eigenvalue weighted by Gasteiger charge is -2.35. The summed E-state index contributed by atoms with van der Waals surface area (Å²) in [6, 6.07) is 12.1. The molecule has 1 aliphatic heterocycles. The van der Waals surface area contributed by atoms with Crippen LogP contribution >= 0.6 is 0 Å². The Labute approximate surface area is 178 Å². The second-order valence-corrected chi connectivity index (χ2v) is 7.42. The van der Waals surface area contributed by atoms with Crippen LogP contribution in [0.4, 0.5) is 5.82 Å². The Morgan fingerprint density at radius 1 is 1.27 bits per heavy atom. The summed E-state index contributed by atoms with van der Waals surface area (Å²) in [6.45, 7) is 9.44. The summed E-state index contributed by atoms with van der Waals surface area (Å²) in [6.07, 6.45) is 2.05. The van der Waals surface area contributed by atoms with Gasteiger partial charge in [-0.15, -0.1) is 0 Å². The minimum atomic E-state index is -0.0919. The number of benzene rings is 1. The third-order valence-corrected chi connectivity index (χ3v) is 5.02. The van der Waals surface area contributed by atoms with E-state index in [-0.39, 0.29) is 12.0 Å². The van der Waals surface area contributed by atoms with Gasteiger partial charge in [0.05, 0.1) is 19.7 Å². The fourth-order valence-corrected chi connectivity index (χ4v) is 3.41. The summed E-state index contributed by atoms with van der Waals surface area (Å²) in [5, 5.41) is 6.16. The number of morpholine rings is 1. The van der Waals surface area contributed by atoms with Crippen molar-refractivity contribution in [2.24, 2.45) is 4.99 Å². The van der Waals surface area contributed by atoms with Crippen molar-refractivity contribution in [3.63, 3.8) is 0 Å². The number of nitrogens with one attached hydrogen (secondary N) is 2. The molecule has 1 unspecified atom stereocenters. The fourth-order valence-electron chi connectivity index (χ4n) is 3.41. The van der Waals surface area contributed by atoms with E-state index in [0.29, 0.717) is 25.4 Å². The van der Waals surface area contributed by atoms with Crippen LogP contribution in [0.5, 0.6) is 0 Å². The lowest BCUT2D eigenvalue weighted by atomic mass is 10.0. The first-order valence-corrected chi connectivity index (χ1v) is 10.5. The van der Waals surface area contributed by atoms with Crippen LogP contribution in [-0.4, -0.2) is 54.5 Å². The zero-order valence-corrected chi connectivity index (χ0v) is 18.0. The van der Waals surface area contributed by atoms with Crippen molar-refractivity contribution in [3.05, 3.63) is 59.3 Å². The van der Waals surface area contributed by atoms with E-state index in [1.165, 1.54) is 11.1 Å². The number of aliphatic imine (C=N–C) groups is 1. The van der Waals surface area contributed by atoms with Gasteiger partial charge in [-0.3, -0.25) is 9.79 Å². The Bertz CT molecular complexity index is 866. The predicted octanol–water partition coefficient (Wildman–Crippen LogP) is 3.07. The topological polar surface area (TPSA) is 78.8 Å². The summed E-state index contributed by atoms with van der Waals surface area (Å²) in [5.41, 5.74) is 3.50. The molecule has 1 saturated heterocycles. The van der Waals surface area contributed by atoms with Crippen LogP contribution in [0, 0.1) is 13.8 Å².